The molecule has 0 aromatic heterocycles. The van der Waals surface area contributed by atoms with Gasteiger partial charge in [0.1, 0.15) is 24.7 Å². The maximum Gasteiger partial charge on any atom is 0.262 e. The number of carbonyl (C=O) groups is 2. The molecule has 2 aliphatic heterocycles. The zero-order valence-corrected chi connectivity index (χ0v) is 22.3. The van der Waals surface area contributed by atoms with E-state index in [0.717, 1.165) is 35.7 Å². The molecule has 204 valence electrons. The van der Waals surface area contributed by atoms with Gasteiger partial charge in [-0.2, -0.15) is 5.10 Å². The van der Waals surface area contributed by atoms with Crippen molar-refractivity contribution in [3.8, 4) is 11.5 Å². The molecular weight excluding hydrogens is 488 g/mol. The molecule has 2 heterocycles. The van der Waals surface area contributed by atoms with Crippen LogP contribution < -0.4 is 9.47 Å². The Hall–Kier alpha value is -3.47. The quantitative estimate of drug-likeness (QED) is 0.445. The van der Waals surface area contributed by atoms with Crippen molar-refractivity contribution in [2.45, 2.75) is 12.5 Å². The van der Waals surface area contributed by atoms with E-state index >= 15 is 0 Å². The first-order valence-electron chi connectivity index (χ1n) is 12.8. The molecule has 10 heteroatoms. The maximum atomic E-state index is 13.8. The molecule has 0 saturated carbocycles. The highest BCUT2D eigenvalue weighted by Crippen LogP contribution is 2.37. The van der Waals surface area contributed by atoms with Crippen LogP contribution in [0.1, 0.15) is 23.6 Å². The fourth-order valence-electron chi connectivity index (χ4n) is 4.71. The van der Waals surface area contributed by atoms with Crippen LogP contribution in [0, 0.1) is 0 Å². The number of para-hydroxylation sites is 1. The molecule has 0 aliphatic carbocycles. The Kier molecular flexibility index (Phi) is 9.69. The van der Waals surface area contributed by atoms with E-state index < -0.39 is 0 Å². The number of hydrazone groups is 1. The highest BCUT2D eigenvalue weighted by Gasteiger charge is 2.36. The van der Waals surface area contributed by atoms with Crippen LogP contribution >= 0.6 is 0 Å². The highest BCUT2D eigenvalue weighted by atomic mass is 16.5. The van der Waals surface area contributed by atoms with Crippen LogP contribution in [0.2, 0.25) is 0 Å². The number of ether oxygens (including phenoxy) is 4. The second kappa shape index (κ2) is 13.4. The van der Waals surface area contributed by atoms with Crippen molar-refractivity contribution < 1.29 is 28.5 Å². The monoisotopic (exact) mass is 524 g/mol. The summed E-state index contributed by atoms with van der Waals surface area (Å²) in [5.41, 5.74) is 2.54. The van der Waals surface area contributed by atoms with Gasteiger partial charge >= 0.3 is 0 Å². The summed E-state index contributed by atoms with van der Waals surface area (Å²) in [6, 6.07) is 14.9. The lowest BCUT2D eigenvalue weighted by Crippen LogP contribution is -2.47. The molecule has 1 saturated heterocycles. The summed E-state index contributed by atoms with van der Waals surface area (Å²) < 4.78 is 21.4. The second-order valence-corrected chi connectivity index (χ2v) is 9.18. The van der Waals surface area contributed by atoms with E-state index in [4.69, 9.17) is 24.0 Å². The van der Waals surface area contributed by atoms with Crippen LogP contribution in [0.15, 0.2) is 53.6 Å². The highest BCUT2D eigenvalue weighted by molar-refractivity contribution is 6.03. The zero-order valence-electron chi connectivity index (χ0n) is 22.3. The summed E-state index contributed by atoms with van der Waals surface area (Å²) in [6.07, 6.45) is 0.512. The molecule has 0 N–H and O–H groups in total. The molecule has 1 atom stereocenters. The number of nitrogens with zero attached hydrogens (tertiary/aromatic N) is 4. The van der Waals surface area contributed by atoms with E-state index in [1.165, 1.54) is 12.1 Å². The van der Waals surface area contributed by atoms with Crippen LogP contribution in [0.25, 0.3) is 0 Å². The van der Waals surface area contributed by atoms with Crippen molar-refractivity contribution in [3.63, 3.8) is 0 Å². The summed E-state index contributed by atoms with van der Waals surface area (Å²) in [7, 11) is 4.71. The van der Waals surface area contributed by atoms with Crippen molar-refractivity contribution in [2.75, 3.05) is 73.9 Å². The van der Waals surface area contributed by atoms with Crippen LogP contribution in [0.3, 0.4) is 0 Å². The third-order valence-electron chi connectivity index (χ3n) is 6.82. The average Bonchev–Trinajstić information content (AvgIpc) is 3.41. The van der Waals surface area contributed by atoms with Crippen molar-refractivity contribution in [3.05, 3.63) is 59.7 Å². The van der Waals surface area contributed by atoms with Crippen molar-refractivity contribution >= 4 is 17.5 Å². The number of amides is 2. The van der Waals surface area contributed by atoms with Gasteiger partial charge in [0.05, 0.1) is 39.2 Å². The van der Waals surface area contributed by atoms with Crippen molar-refractivity contribution in [1.82, 2.24) is 14.8 Å². The van der Waals surface area contributed by atoms with E-state index in [-0.39, 0.29) is 31.0 Å². The van der Waals surface area contributed by atoms with Crippen LogP contribution in [-0.4, -0.2) is 106 Å². The minimum atomic E-state index is -0.366. The Bertz CT molecular complexity index is 1120. The first kappa shape index (κ1) is 27.6. The van der Waals surface area contributed by atoms with Gasteiger partial charge in [-0.15, -0.1) is 0 Å². The van der Waals surface area contributed by atoms with Gasteiger partial charge in [0, 0.05) is 45.3 Å². The molecular formula is C28H36N4O6. The summed E-state index contributed by atoms with van der Waals surface area (Å²) >= 11 is 0. The van der Waals surface area contributed by atoms with Crippen LogP contribution in [0.4, 0.5) is 0 Å². The molecule has 1 fully saturated rings. The largest absolute Gasteiger partial charge is 0.497 e. The minimum Gasteiger partial charge on any atom is -0.497 e. The molecule has 0 radical (unpaired) electrons. The van der Waals surface area contributed by atoms with Gasteiger partial charge in [0.25, 0.3) is 5.91 Å². The van der Waals surface area contributed by atoms with E-state index in [2.05, 4.69) is 4.90 Å². The number of carbonyl (C=O) groups excluding carboxylic acids is 2. The smallest absolute Gasteiger partial charge is 0.262 e. The third kappa shape index (κ3) is 6.69. The molecule has 0 spiro atoms. The second-order valence-electron chi connectivity index (χ2n) is 9.18. The Morgan fingerprint density at radius 2 is 1.76 bits per heavy atom. The number of hydrogen-bond donors (Lipinski definition) is 0. The fraction of sp³-hybridized carbons (Fsp3) is 0.464. The van der Waals surface area contributed by atoms with Crippen molar-refractivity contribution in [2.24, 2.45) is 5.10 Å². The summed E-state index contributed by atoms with van der Waals surface area (Å²) in [5, 5.41) is 6.26. The topological polar surface area (TPSA) is 93.1 Å². The van der Waals surface area contributed by atoms with E-state index in [1.54, 1.807) is 19.1 Å². The molecule has 2 amide bonds. The predicted octanol–water partition coefficient (Wildman–Crippen LogP) is 2.19. The van der Waals surface area contributed by atoms with Crippen molar-refractivity contribution in [1.29, 1.82) is 0 Å². The van der Waals surface area contributed by atoms with Crippen LogP contribution in [0.5, 0.6) is 11.5 Å². The van der Waals surface area contributed by atoms with E-state index in [9.17, 15) is 9.59 Å². The van der Waals surface area contributed by atoms with Gasteiger partial charge in [-0.1, -0.05) is 18.2 Å². The van der Waals surface area contributed by atoms with Gasteiger partial charge in [-0.25, -0.2) is 5.01 Å². The number of benzene rings is 2. The van der Waals surface area contributed by atoms with Gasteiger partial charge < -0.3 is 23.8 Å². The normalized spacial score (nSPS) is 17.7. The molecule has 2 aliphatic rings. The lowest BCUT2D eigenvalue weighted by Gasteiger charge is -2.31. The lowest BCUT2D eigenvalue weighted by atomic mass is 9.97. The fourth-order valence-corrected chi connectivity index (χ4v) is 4.71. The van der Waals surface area contributed by atoms with Crippen LogP contribution in [-0.2, 0) is 19.1 Å². The average molecular weight is 525 g/mol. The van der Waals surface area contributed by atoms with Gasteiger partial charge in [-0.05, 0) is 35.9 Å². The molecule has 0 unspecified atom stereocenters. The van der Waals surface area contributed by atoms with Gasteiger partial charge in [0.2, 0.25) is 5.91 Å². The Morgan fingerprint density at radius 3 is 2.45 bits per heavy atom. The molecule has 2 aromatic carbocycles. The van der Waals surface area contributed by atoms with E-state index in [0.29, 0.717) is 38.5 Å². The predicted molar refractivity (Wildman–Crippen MR) is 142 cm³/mol. The van der Waals surface area contributed by atoms with E-state index in [1.807, 2.05) is 48.5 Å². The maximum absolute atomic E-state index is 13.8. The number of rotatable bonds is 11. The first-order chi connectivity index (χ1) is 18.5. The summed E-state index contributed by atoms with van der Waals surface area (Å²) in [6.45, 7) is 3.82. The number of hydrogen-bond acceptors (Lipinski definition) is 8. The molecule has 38 heavy (non-hydrogen) atoms. The summed E-state index contributed by atoms with van der Waals surface area (Å²) in [4.78, 5) is 30.4. The molecule has 10 nitrogen and oxygen atoms in total. The third-order valence-corrected chi connectivity index (χ3v) is 6.82. The number of morpholine rings is 1. The first-order valence-corrected chi connectivity index (χ1v) is 12.8. The van der Waals surface area contributed by atoms with Gasteiger partial charge in [-0.3, -0.25) is 14.5 Å². The zero-order chi connectivity index (χ0) is 26.9. The molecule has 2 aromatic rings. The lowest BCUT2D eigenvalue weighted by molar-refractivity contribution is -0.143. The number of methoxy groups -OCH3 is 3. The Labute approximate surface area is 223 Å². The minimum absolute atomic E-state index is 0.0906. The molecule has 4 rings (SSSR count). The SMILES string of the molecule is COCC(=O)N(CCN1CCOCC1)CC(=O)N1N=C(c2ccc(OC)cc2)C[C@H]1c1ccccc1OC. The standard InChI is InChI=1S/C28H36N4O6/c1-35-20-28(34)31(13-12-30-14-16-38-17-15-30)19-27(33)32-25(23-6-4-5-7-26(23)37-3)18-24(29-32)21-8-10-22(36-2)11-9-21/h4-11,25H,12-20H2,1-3H3/t25-/m0/s1. The summed E-state index contributed by atoms with van der Waals surface area (Å²) in [5.74, 6) is 0.924. The Balaban J connectivity index is 1.58. The van der Waals surface area contributed by atoms with Gasteiger partial charge in [0.15, 0.2) is 0 Å². The Morgan fingerprint density at radius 1 is 1.03 bits per heavy atom. The molecule has 0 bridgehead atoms.